The maximum Gasteiger partial charge on any atom is 0.215 e. The predicted molar refractivity (Wildman–Crippen MR) is 114 cm³/mol. The Kier molecular flexibility index (Phi) is 11.8. The van der Waals surface area contributed by atoms with Crippen LogP contribution in [0.25, 0.3) is 0 Å². The Morgan fingerprint density at radius 3 is 2.50 bits per heavy atom. The standard InChI is InChI=1S/C15H28N4O2S2.HI/c1-5-16-15(18-13(4)14-9-8-11-22-14)17-10-12-23(20,21)19(6-2)7-3;/h8-9,11,13H,5-7,10,12H2,1-4H3,(H2,16,17,18);1H. The van der Waals surface area contributed by atoms with Crippen LogP contribution in [0.15, 0.2) is 22.5 Å². The van der Waals surface area contributed by atoms with Crippen molar-refractivity contribution in [2.24, 2.45) is 4.99 Å². The fourth-order valence-electron chi connectivity index (χ4n) is 2.15. The zero-order valence-corrected chi connectivity index (χ0v) is 18.7. The molecule has 24 heavy (non-hydrogen) atoms. The van der Waals surface area contributed by atoms with Gasteiger partial charge >= 0.3 is 0 Å². The smallest absolute Gasteiger partial charge is 0.215 e. The average Bonchev–Trinajstić information content (AvgIpc) is 3.02. The Morgan fingerprint density at radius 1 is 1.33 bits per heavy atom. The highest BCUT2D eigenvalue weighted by atomic mass is 127. The molecule has 9 heteroatoms. The Bertz CT molecular complexity index is 572. The molecule has 0 bridgehead atoms. The first-order chi connectivity index (χ1) is 10.9. The second-order valence-electron chi connectivity index (χ2n) is 5.04. The number of sulfonamides is 1. The lowest BCUT2D eigenvalue weighted by Gasteiger charge is -2.19. The third kappa shape index (κ3) is 7.66. The molecule has 1 aromatic rings. The van der Waals surface area contributed by atoms with E-state index in [0.717, 1.165) is 6.54 Å². The number of rotatable bonds is 9. The van der Waals surface area contributed by atoms with Crippen molar-refractivity contribution in [2.45, 2.75) is 33.7 Å². The lowest BCUT2D eigenvalue weighted by atomic mass is 10.3. The van der Waals surface area contributed by atoms with Crippen molar-refractivity contribution in [3.8, 4) is 0 Å². The second kappa shape index (κ2) is 12.0. The summed E-state index contributed by atoms with van der Waals surface area (Å²) in [5.41, 5.74) is 0. The molecule has 0 saturated carbocycles. The normalized spacial score (nSPS) is 13.5. The van der Waals surface area contributed by atoms with Crippen molar-refractivity contribution in [1.29, 1.82) is 0 Å². The molecule has 0 radical (unpaired) electrons. The molecule has 0 aliphatic carbocycles. The summed E-state index contributed by atoms with van der Waals surface area (Å²) in [7, 11) is -3.23. The molecule has 0 aliphatic rings. The number of hydrogen-bond acceptors (Lipinski definition) is 4. The van der Waals surface area contributed by atoms with E-state index in [1.54, 1.807) is 11.3 Å². The zero-order valence-electron chi connectivity index (χ0n) is 14.8. The van der Waals surface area contributed by atoms with E-state index in [4.69, 9.17) is 0 Å². The number of hydrogen-bond donors (Lipinski definition) is 2. The van der Waals surface area contributed by atoms with Gasteiger partial charge < -0.3 is 10.6 Å². The molecule has 140 valence electrons. The SMILES string of the molecule is CCNC(=NCCS(=O)(=O)N(CC)CC)NC(C)c1cccs1.I. The molecule has 1 rings (SSSR count). The maximum absolute atomic E-state index is 12.2. The lowest BCUT2D eigenvalue weighted by molar-refractivity contribution is 0.445. The number of nitrogens with zero attached hydrogens (tertiary/aromatic N) is 2. The number of thiophene rings is 1. The van der Waals surface area contributed by atoms with E-state index in [9.17, 15) is 8.42 Å². The van der Waals surface area contributed by atoms with Gasteiger partial charge in [-0.2, -0.15) is 0 Å². The molecule has 6 nitrogen and oxygen atoms in total. The van der Waals surface area contributed by atoms with Gasteiger partial charge in [0, 0.05) is 24.5 Å². The molecule has 1 heterocycles. The molecule has 0 fully saturated rings. The van der Waals surface area contributed by atoms with Crippen LogP contribution in [-0.4, -0.2) is 50.6 Å². The summed E-state index contributed by atoms with van der Waals surface area (Å²) >= 11 is 1.68. The number of nitrogens with one attached hydrogen (secondary N) is 2. The molecule has 1 unspecified atom stereocenters. The fourth-order valence-corrected chi connectivity index (χ4v) is 4.25. The molecule has 0 amide bonds. The van der Waals surface area contributed by atoms with Crippen molar-refractivity contribution >= 4 is 51.3 Å². The van der Waals surface area contributed by atoms with E-state index < -0.39 is 10.0 Å². The zero-order chi connectivity index (χ0) is 17.3. The highest BCUT2D eigenvalue weighted by Crippen LogP contribution is 2.17. The van der Waals surface area contributed by atoms with Gasteiger partial charge in [-0.25, -0.2) is 12.7 Å². The van der Waals surface area contributed by atoms with Crippen molar-refractivity contribution in [2.75, 3.05) is 31.9 Å². The molecule has 0 spiro atoms. The summed E-state index contributed by atoms with van der Waals surface area (Å²) in [4.78, 5) is 5.61. The minimum Gasteiger partial charge on any atom is -0.357 e. The Labute approximate surface area is 167 Å². The number of guanidine groups is 1. The predicted octanol–water partition coefficient (Wildman–Crippen LogP) is 2.65. The minimum absolute atomic E-state index is 0. The van der Waals surface area contributed by atoms with Crippen LogP contribution in [0.2, 0.25) is 0 Å². The molecular weight excluding hydrogens is 459 g/mol. The van der Waals surface area contributed by atoms with Crippen LogP contribution in [0.3, 0.4) is 0 Å². The Hall–Kier alpha value is -0.390. The number of aliphatic imine (C=N–C) groups is 1. The molecule has 1 atom stereocenters. The lowest BCUT2D eigenvalue weighted by Crippen LogP contribution is -2.39. The van der Waals surface area contributed by atoms with Gasteiger partial charge in [0.15, 0.2) is 5.96 Å². The fraction of sp³-hybridized carbons (Fsp3) is 0.667. The first-order valence-electron chi connectivity index (χ1n) is 8.00. The number of halogens is 1. The first kappa shape index (κ1) is 23.6. The van der Waals surface area contributed by atoms with E-state index in [-0.39, 0.29) is 42.3 Å². The average molecular weight is 488 g/mol. The molecular formula is C15H29IN4O2S2. The van der Waals surface area contributed by atoms with E-state index in [1.807, 2.05) is 32.2 Å². The highest BCUT2D eigenvalue weighted by molar-refractivity contribution is 14.0. The van der Waals surface area contributed by atoms with Gasteiger partial charge in [-0.15, -0.1) is 35.3 Å². The topological polar surface area (TPSA) is 73.8 Å². The van der Waals surface area contributed by atoms with Crippen LogP contribution >= 0.6 is 35.3 Å². The third-order valence-electron chi connectivity index (χ3n) is 3.39. The second-order valence-corrected chi connectivity index (χ2v) is 8.11. The quantitative estimate of drug-likeness (QED) is 0.319. The van der Waals surface area contributed by atoms with Gasteiger partial charge in [-0.05, 0) is 25.3 Å². The van der Waals surface area contributed by atoms with E-state index in [0.29, 0.717) is 19.0 Å². The maximum atomic E-state index is 12.2. The van der Waals surface area contributed by atoms with Gasteiger partial charge in [-0.1, -0.05) is 19.9 Å². The van der Waals surface area contributed by atoms with Gasteiger partial charge in [0.25, 0.3) is 0 Å². The molecule has 2 N–H and O–H groups in total. The van der Waals surface area contributed by atoms with Crippen LogP contribution < -0.4 is 10.6 Å². The van der Waals surface area contributed by atoms with Gasteiger partial charge in [0.05, 0.1) is 18.3 Å². The van der Waals surface area contributed by atoms with Crippen LogP contribution in [0, 0.1) is 0 Å². The summed E-state index contributed by atoms with van der Waals surface area (Å²) in [6, 6.07) is 4.21. The van der Waals surface area contributed by atoms with Crippen LogP contribution in [-0.2, 0) is 10.0 Å². The van der Waals surface area contributed by atoms with Crippen molar-refractivity contribution in [3.05, 3.63) is 22.4 Å². The molecule has 0 saturated heterocycles. The summed E-state index contributed by atoms with van der Waals surface area (Å²) < 4.78 is 25.8. The summed E-state index contributed by atoms with van der Waals surface area (Å²) in [5, 5.41) is 8.49. The summed E-state index contributed by atoms with van der Waals surface area (Å²) in [6.45, 7) is 9.70. The molecule has 0 aromatic carbocycles. The summed E-state index contributed by atoms with van der Waals surface area (Å²) in [6.07, 6.45) is 0. The molecule has 1 aromatic heterocycles. The highest BCUT2D eigenvalue weighted by Gasteiger charge is 2.18. The van der Waals surface area contributed by atoms with Gasteiger partial charge in [0.2, 0.25) is 10.0 Å². The van der Waals surface area contributed by atoms with Gasteiger partial charge in [0.1, 0.15) is 0 Å². The van der Waals surface area contributed by atoms with E-state index >= 15 is 0 Å². The molecule has 0 aliphatic heterocycles. The van der Waals surface area contributed by atoms with Crippen LogP contribution in [0.4, 0.5) is 0 Å². The minimum atomic E-state index is -3.23. The first-order valence-corrected chi connectivity index (χ1v) is 10.5. The van der Waals surface area contributed by atoms with Crippen LogP contribution in [0.5, 0.6) is 0 Å². The summed E-state index contributed by atoms with van der Waals surface area (Å²) in [5.74, 6) is 0.668. The Balaban J connectivity index is 0.00000529. The third-order valence-corrected chi connectivity index (χ3v) is 6.44. The van der Waals surface area contributed by atoms with Crippen molar-refractivity contribution in [1.82, 2.24) is 14.9 Å². The van der Waals surface area contributed by atoms with Crippen molar-refractivity contribution < 1.29 is 8.42 Å². The van der Waals surface area contributed by atoms with Crippen LogP contribution in [0.1, 0.15) is 38.6 Å². The largest absolute Gasteiger partial charge is 0.357 e. The van der Waals surface area contributed by atoms with Crippen molar-refractivity contribution in [3.63, 3.8) is 0 Å². The monoisotopic (exact) mass is 488 g/mol. The van der Waals surface area contributed by atoms with E-state index in [2.05, 4.69) is 28.6 Å². The van der Waals surface area contributed by atoms with Gasteiger partial charge in [-0.3, -0.25) is 4.99 Å². The van der Waals surface area contributed by atoms with E-state index in [1.165, 1.54) is 9.18 Å². The Morgan fingerprint density at radius 2 is 2.00 bits per heavy atom.